The van der Waals surface area contributed by atoms with Gasteiger partial charge in [-0.25, -0.2) is 9.67 Å². The molecular formula is C32H21ClN4O2. The fourth-order valence-corrected chi connectivity index (χ4v) is 4.82. The van der Waals surface area contributed by atoms with Crippen LogP contribution in [0.5, 0.6) is 11.5 Å². The number of pyridine rings is 1. The number of halogens is 1. The lowest BCUT2D eigenvalue weighted by molar-refractivity contribution is 0.415. The van der Waals surface area contributed by atoms with Crippen molar-refractivity contribution >= 4 is 22.6 Å². The topological polar surface area (TPSA) is 84.0 Å². The third-order valence-electron chi connectivity index (χ3n) is 6.57. The zero-order chi connectivity index (χ0) is 26.9. The largest absolute Gasteiger partial charge is 0.508 e. The van der Waals surface area contributed by atoms with Crippen molar-refractivity contribution in [3.63, 3.8) is 0 Å². The number of aromatic hydroxyl groups is 1. The van der Waals surface area contributed by atoms with E-state index in [9.17, 15) is 10.4 Å². The van der Waals surface area contributed by atoms with Crippen LogP contribution >= 0.6 is 11.6 Å². The Morgan fingerprint density at radius 3 is 2.05 bits per heavy atom. The van der Waals surface area contributed by atoms with Gasteiger partial charge in [-0.1, -0.05) is 54.1 Å². The molecule has 2 heterocycles. The summed E-state index contributed by atoms with van der Waals surface area (Å²) in [5, 5.41) is 26.9. The van der Waals surface area contributed by atoms with Gasteiger partial charge in [0.25, 0.3) is 0 Å². The van der Waals surface area contributed by atoms with E-state index in [1.165, 1.54) is 0 Å². The van der Waals surface area contributed by atoms with Crippen LogP contribution in [-0.2, 0) is 0 Å². The molecule has 39 heavy (non-hydrogen) atoms. The van der Waals surface area contributed by atoms with Crippen LogP contribution in [0.4, 0.5) is 0 Å². The highest BCUT2D eigenvalue weighted by Gasteiger charge is 2.25. The Balaban J connectivity index is 1.78. The molecule has 0 bridgehead atoms. The van der Waals surface area contributed by atoms with Crippen LogP contribution in [0.25, 0.3) is 50.4 Å². The Labute approximate surface area is 230 Å². The van der Waals surface area contributed by atoms with Gasteiger partial charge in [-0.05, 0) is 66.2 Å². The van der Waals surface area contributed by atoms with Crippen molar-refractivity contribution in [2.45, 2.75) is 0 Å². The summed E-state index contributed by atoms with van der Waals surface area (Å²) < 4.78 is 7.14. The Bertz CT molecular complexity index is 1840. The van der Waals surface area contributed by atoms with E-state index in [-0.39, 0.29) is 5.75 Å². The first-order valence-corrected chi connectivity index (χ1v) is 12.6. The predicted molar refractivity (Wildman–Crippen MR) is 153 cm³/mol. The third kappa shape index (κ3) is 4.35. The lowest BCUT2D eigenvalue weighted by Crippen LogP contribution is -2.01. The molecule has 0 saturated heterocycles. The Kier molecular flexibility index (Phi) is 6.20. The van der Waals surface area contributed by atoms with Gasteiger partial charge in [-0.2, -0.15) is 10.4 Å². The summed E-state index contributed by atoms with van der Waals surface area (Å²) >= 11 is 6.20. The van der Waals surface area contributed by atoms with Crippen LogP contribution in [0, 0.1) is 11.3 Å². The number of phenolic OH excluding ortho intramolecular Hbond substituents is 1. The number of benzene rings is 4. The highest BCUT2D eigenvalue weighted by Crippen LogP contribution is 2.42. The van der Waals surface area contributed by atoms with Crippen LogP contribution in [0.1, 0.15) is 5.56 Å². The molecular weight excluding hydrogens is 508 g/mol. The number of nitriles is 1. The number of ether oxygens (including phenoxy) is 1. The van der Waals surface area contributed by atoms with E-state index < -0.39 is 0 Å². The first-order chi connectivity index (χ1) is 19.1. The first-order valence-electron chi connectivity index (χ1n) is 12.2. The van der Waals surface area contributed by atoms with E-state index in [1.807, 2.05) is 78.9 Å². The molecule has 0 radical (unpaired) electrons. The summed E-state index contributed by atoms with van der Waals surface area (Å²) in [4.78, 5) is 5.08. The van der Waals surface area contributed by atoms with Gasteiger partial charge in [0.2, 0.25) is 0 Å². The fraction of sp³-hybridized carbons (Fsp3) is 0.0312. The smallest absolute Gasteiger partial charge is 0.164 e. The molecule has 4 aromatic carbocycles. The maximum Gasteiger partial charge on any atom is 0.164 e. The van der Waals surface area contributed by atoms with Crippen molar-refractivity contribution in [2.75, 3.05) is 7.11 Å². The molecule has 0 aliphatic heterocycles. The lowest BCUT2D eigenvalue weighted by atomic mass is 9.92. The van der Waals surface area contributed by atoms with Gasteiger partial charge in [0, 0.05) is 21.7 Å². The van der Waals surface area contributed by atoms with Crippen LogP contribution in [-0.4, -0.2) is 27.0 Å². The number of phenols is 1. The molecule has 0 spiro atoms. The van der Waals surface area contributed by atoms with Crippen molar-refractivity contribution in [1.29, 1.82) is 5.26 Å². The minimum Gasteiger partial charge on any atom is -0.508 e. The van der Waals surface area contributed by atoms with E-state index in [1.54, 1.807) is 36.1 Å². The molecule has 0 saturated carbocycles. The molecule has 6 nitrogen and oxygen atoms in total. The maximum absolute atomic E-state index is 10.5. The molecule has 0 aliphatic carbocycles. The third-order valence-corrected chi connectivity index (χ3v) is 6.82. The summed E-state index contributed by atoms with van der Waals surface area (Å²) in [6.45, 7) is 0. The van der Waals surface area contributed by atoms with Crippen molar-refractivity contribution < 1.29 is 9.84 Å². The second kappa shape index (κ2) is 9.97. The second-order valence-electron chi connectivity index (χ2n) is 8.90. The molecule has 0 amide bonds. The van der Waals surface area contributed by atoms with Gasteiger partial charge in [-0.3, -0.25) is 0 Å². The molecule has 6 aromatic rings. The molecule has 0 atom stereocenters. The van der Waals surface area contributed by atoms with Crippen molar-refractivity contribution in [2.24, 2.45) is 0 Å². The van der Waals surface area contributed by atoms with Crippen molar-refractivity contribution in [3.05, 3.63) is 114 Å². The second-order valence-corrected chi connectivity index (χ2v) is 9.34. The van der Waals surface area contributed by atoms with Gasteiger partial charge in [0.15, 0.2) is 5.65 Å². The lowest BCUT2D eigenvalue weighted by Gasteiger charge is -2.14. The van der Waals surface area contributed by atoms with Crippen LogP contribution in [0.3, 0.4) is 0 Å². The van der Waals surface area contributed by atoms with E-state index in [2.05, 4.69) is 6.07 Å². The maximum atomic E-state index is 10.5. The molecule has 1 N–H and O–H groups in total. The quantitative estimate of drug-likeness (QED) is 0.248. The van der Waals surface area contributed by atoms with Crippen molar-refractivity contribution in [1.82, 2.24) is 14.8 Å². The zero-order valence-electron chi connectivity index (χ0n) is 20.8. The van der Waals surface area contributed by atoms with Gasteiger partial charge >= 0.3 is 0 Å². The van der Waals surface area contributed by atoms with Gasteiger partial charge in [0.1, 0.15) is 23.3 Å². The molecule has 0 unspecified atom stereocenters. The first kappa shape index (κ1) is 24.2. The number of hydrogen-bond acceptors (Lipinski definition) is 5. The summed E-state index contributed by atoms with van der Waals surface area (Å²) in [7, 11) is 1.61. The Hall–Kier alpha value is -5.12. The van der Waals surface area contributed by atoms with Crippen molar-refractivity contribution in [3.8, 4) is 56.9 Å². The molecule has 0 aliphatic rings. The number of aromatic nitrogens is 3. The average Bonchev–Trinajstić information content (AvgIpc) is 3.37. The minimum absolute atomic E-state index is 0.135. The number of rotatable bonds is 5. The van der Waals surface area contributed by atoms with E-state index in [4.69, 9.17) is 26.4 Å². The minimum atomic E-state index is 0.135. The number of methoxy groups -OCH3 is 1. The van der Waals surface area contributed by atoms with Gasteiger partial charge in [-0.15, -0.1) is 0 Å². The highest BCUT2D eigenvalue weighted by molar-refractivity contribution is 6.30. The summed E-state index contributed by atoms with van der Waals surface area (Å²) in [5.41, 5.74) is 6.06. The normalized spacial score (nSPS) is 10.9. The van der Waals surface area contributed by atoms with Gasteiger partial charge in [0.05, 0.1) is 29.4 Å². The van der Waals surface area contributed by atoms with E-state index in [0.29, 0.717) is 38.9 Å². The number of fused-ring (bicyclic) bond motifs is 1. The molecule has 6 rings (SSSR count). The zero-order valence-corrected chi connectivity index (χ0v) is 21.6. The number of nitrogens with zero attached hydrogens (tertiary/aromatic N) is 4. The molecule has 0 fully saturated rings. The Morgan fingerprint density at radius 1 is 0.795 bits per heavy atom. The van der Waals surface area contributed by atoms with E-state index >= 15 is 0 Å². The Morgan fingerprint density at radius 2 is 1.41 bits per heavy atom. The highest BCUT2D eigenvalue weighted by atomic mass is 35.5. The number of para-hydroxylation sites is 1. The average molecular weight is 529 g/mol. The standard InChI is InChI=1S/C32H21ClN4O2/c1-39-26-17-11-21(12-18-26)30-27(19-34)28(20-9-15-25(38)16-10-20)29-31(22-7-13-23(33)14-8-22)36-37(32(29)35-30)24-5-3-2-4-6-24/h2-18,38H,1H3. The van der Waals surface area contributed by atoms with E-state index in [0.717, 1.165) is 27.8 Å². The molecule has 7 heteroatoms. The monoisotopic (exact) mass is 528 g/mol. The fourth-order valence-electron chi connectivity index (χ4n) is 4.69. The predicted octanol–water partition coefficient (Wildman–Crippen LogP) is 7.66. The SMILES string of the molecule is COc1ccc(-c2nc3c(c(-c4ccc(Cl)cc4)nn3-c3ccccc3)c(-c3ccc(O)cc3)c2C#N)cc1. The van der Waals surface area contributed by atoms with Crippen LogP contribution in [0.2, 0.25) is 5.02 Å². The summed E-state index contributed by atoms with van der Waals surface area (Å²) in [6.07, 6.45) is 0. The molecule has 188 valence electrons. The molecule has 2 aromatic heterocycles. The number of hydrogen-bond donors (Lipinski definition) is 1. The summed E-state index contributed by atoms with van der Waals surface area (Å²) in [5.74, 6) is 0.840. The van der Waals surface area contributed by atoms with Gasteiger partial charge < -0.3 is 9.84 Å². The summed E-state index contributed by atoms with van der Waals surface area (Å²) in [6, 6.07) is 33.9. The van der Waals surface area contributed by atoms with Crippen LogP contribution in [0.15, 0.2) is 103 Å². The van der Waals surface area contributed by atoms with Crippen LogP contribution < -0.4 is 4.74 Å².